The van der Waals surface area contributed by atoms with Crippen LogP contribution < -0.4 is 4.74 Å². The highest BCUT2D eigenvalue weighted by Gasteiger charge is 2.59. The lowest BCUT2D eigenvalue weighted by Gasteiger charge is -2.44. The number of methoxy groups -OCH3 is 1. The Labute approximate surface area is 175 Å². The molecule has 3 N–H and O–H groups in total. The van der Waals surface area contributed by atoms with Crippen molar-refractivity contribution in [1.82, 2.24) is 0 Å². The molecule has 0 aromatic heterocycles. The average Bonchev–Trinajstić information content (AvgIpc) is 3.10. The molecule has 4 rings (SSSR count). The van der Waals surface area contributed by atoms with Gasteiger partial charge in [-0.25, -0.2) is 4.99 Å². The summed E-state index contributed by atoms with van der Waals surface area (Å²) < 4.78 is 17.0. The first kappa shape index (κ1) is 20.8. The number of aliphatic imine (C=N–C) groups is 1. The molecule has 5 atom stereocenters. The molecule has 0 spiro atoms. The highest BCUT2D eigenvalue weighted by Crippen LogP contribution is 2.45. The van der Waals surface area contributed by atoms with Crippen LogP contribution >= 0.6 is 0 Å². The Bertz CT molecular complexity index is 943. The van der Waals surface area contributed by atoms with Gasteiger partial charge in [0.2, 0.25) is 5.72 Å². The van der Waals surface area contributed by atoms with Crippen LogP contribution in [0.2, 0.25) is 0 Å². The quantitative estimate of drug-likeness (QED) is 0.690. The number of aliphatic hydroxyl groups excluding tert-OH is 3. The molecule has 0 aliphatic carbocycles. The predicted octanol–water partition coefficient (Wildman–Crippen LogP) is 1.68. The minimum Gasteiger partial charge on any atom is -0.497 e. The maximum atomic E-state index is 10.7. The number of aliphatic hydroxyl groups is 3. The van der Waals surface area contributed by atoms with E-state index in [0.717, 1.165) is 22.4 Å². The molecular weight excluding hydrogens is 386 g/mol. The van der Waals surface area contributed by atoms with E-state index >= 15 is 0 Å². The van der Waals surface area contributed by atoms with E-state index in [4.69, 9.17) is 14.2 Å². The summed E-state index contributed by atoms with van der Waals surface area (Å²) in [4.78, 5) is 4.57. The minimum atomic E-state index is -1.32. The Kier molecular flexibility index (Phi) is 5.55. The van der Waals surface area contributed by atoms with Crippen molar-refractivity contribution in [3.8, 4) is 5.75 Å². The molecule has 2 aliphatic heterocycles. The SMILES string of the molecule is COc1ccc(Cc2cc(C34N=C(C)OC3[C@@H](O)[C@H](O)[C@@H](CO)O4)ccc2C)cc1. The number of hydrogen-bond donors (Lipinski definition) is 3. The predicted molar refractivity (Wildman–Crippen MR) is 111 cm³/mol. The summed E-state index contributed by atoms with van der Waals surface area (Å²) in [6.45, 7) is 3.28. The van der Waals surface area contributed by atoms with Gasteiger partial charge in [0.05, 0.1) is 13.7 Å². The van der Waals surface area contributed by atoms with E-state index in [0.29, 0.717) is 17.9 Å². The zero-order valence-corrected chi connectivity index (χ0v) is 17.3. The second-order valence-electron chi connectivity index (χ2n) is 7.85. The lowest BCUT2D eigenvalue weighted by Crippen LogP contribution is -2.61. The Morgan fingerprint density at radius 2 is 1.80 bits per heavy atom. The molecule has 1 saturated heterocycles. The number of aryl methyl sites for hydroxylation is 1. The molecule has 0 saturated carbocycles. The fourth-order valence-electron chi connectivity index (χ4n) is 4.17. The number of hydrogen-bond acceptors (Lipinski definition) is 7. The smallest absolute Gasteiger partial charge is 0.228 e. The van der Waals surface area contributed by atoms with Crippen LogP contribution in [0.4, 0.5) is 0 Å². The molecule has 2 aromatic carbocycles. The maximum Gasteiger partial charge on any atom is 0.228 e. The summed E-state index contributed by atoms with van der Waals surface area (Å²) in [7, 11) is 1.64. The molecule has 2 unspecified atom stereocenters. The zero-order valence-electron chi connectivity index (χ0n) is 17.3. The van der Waals surface area contributed by atoms with Gasteiger partial charge >= 0.3 is 0 Å². The summed E-state index contributed by atoms with van der Waals surface area (Å²) in [6, 6.07) is 13.8. The van der Waals surface area contributed by atoms with Gasteiger partial charge in [-0.05, 0) is 42.2 Å². The number of nitrogens with zero attached hydrogens (tertiary/aromatic N) is 1. The van der Waals surface area contributed by atoms with Crippen molar-refractivity contribution >= 4 is 5.90 Å². The number of rotatable bonds is 5. The van der Waals surface area contributed by atoms with Gasteiger partial charge in [-0.15, -0.1) is 0 Å². The van der Waals surface area contributed by atoms with Crippen LogP contribution in [0.5, 0.6) is 5.75 Å². The van der Waals surface area contributed by atoms with E-state index in [1.165, 1.54) is 0 Å². The monoisotopic (exact) mass is 413 g/mol. The van der Waals surface area contributed by atoms with Crippen LogP contribution in [-0.2, 0) is 21.6 Å². The molecule has 2 heterocycles. The van der Waals surface area contributed by atoms with Crippen LogP contribution in [0.25, 0.3) is 0 Å². The topological polar surface area (TPSA) is 101 Å². The molecule has 160 valence electrons. The molecule has 0 amide bonds. The van der Waals surface area contributed by atoms with Crippen LogP contribution in [-0.4, -0.2) is 59.3 Å². The molecular formula is C23H27NO6. The van der Waals surface area contributed by atoms with Gasteiger partial charge < -0.3 is 29.5 Å². The van der Waals surface area contributed by atoms with Crippen molar-refractivity contribution in [3.05, 3.63) is 64.7 Å². The summed E-state index contributed by atoms with van der Waals surface area (Å²) in [5, 5.41) is 30.6. The van der Waals surface area contributed by atoms with Gasteiger partial charge in [0.15, 0.2) is 12.0 Å². The minimum absolute atomic E-state index is 0.363. The Morgan fingerprint density at radius 1 is 1.07 bits per heavy atom. The van der Waals surface area contributed by atoms with Crippen molar-refractivity contribution < 1.29 is 29.5 Å². The van der Waals surface area contributed by atoms with E-state index in [1.807, 2.05) is 49.4 Å². The van der Waals surface area contributed by atoms with Crippen molar-refractivity contribution in [3.63, 3.8) is 0 Å². The van der Waals surface area contributed by atoms with Gasteiger partial charge in [-0.2, -0.15) is 0 Å². The van der Waals surface area contributed by atoms with Crippen molar-refractivity contribution in [2.24, 2.45) is 4.99 Å². The van der Waals surface area contributed by atoms with Crippen molar-refractivity contribution in [2.75, 3.05) is 13.7 Å². The van der Waals surface area contributed by atoms with Crippen molar-refractivity contribution in [1.29, 1.82) is 0 Å². The summed E-state index contributed by atoms with van der Waals surface area (Å²) in [5.41, 5.74) is 2.70. The molecule has 2 aromatic rings. The fraction of sp³-hybridized carbons (Fsp3) is 0.435. The number of fused-ring (bicyclic) bond motifs is 1. The third-order valence-corrected chi connectivity index (χ3v) is 5.88. The zero-order chi connectivity index (χ0) is 21.5. The third kappa shape index (κ3) is 3.48. The lowest BCUT2D eigenvalue weighted by atomic mass is 9.85. The number of benzene rings is 2. The van der Waals surface area contributed by atoms with Gasteiger partial charge in [-0.3, -0.25) is 0 Å². The van der Waals surface area contributed by atoms with Crippen LogP contribution in [0.1, 0.15) is 29.2 Å². The average molecular weight is 413 g/mol. The summed E-state index contributed by atoms with van der Waals surface area (Å²) in [6.07, 6.45) is -3.68. The standard InChI is InChI=1S/C23H27NO6/c1-13-4-7-17(11-16(13)10-15-5-8-18(28-3)9-6-15)23-22(29-14(2)24-23)21(27)20(26)19(12-25)30-23/h4-9,11,19-22,25-27H,10,12H2,1-3H3/t19-,20-,21+,22?,23?/m1/s1. The second-order valence-corrected chi connectivity index (χ2v) is 7.85. The largest absolute Gasteiger partial charge is 0.497 e. The second kappa shape index (κ2) is 8.00. The molecule has 0 radical (unpaired) electrons. The lowest BCUT2D eigenvalue weighted by molar-refractivity contribution is -0.262. The van der Waals surface area contributed by atoms with E-state index in [9.17, 15) is 15.3 Å². The number of ether oxygens (including phenoxy) is 3. The van der Waals surface area contributed by atoms with Gasteiger partial charge in [0, 0.05) is 12.5 Å². The van der Waals surface area contributed by atoms with Crippen LogP contribution in [0.3, 0.4) is 0 Å². The highest BCUT2D eigenvalue weighted by atomic mass is 16.6. The Balaban J connectivity index is 1.72. The van der Waals surface area contributed by atoms with Gasteiger partial charge in [0.25, 0.3) is 0 Å². The molecule has 1 fully saturated rings. The van der Waals surface area contributed by atoms with E-state index in [-0.39, 0.29) is 0 Å². The molecule has 0 bridgehead atoms. The molecule has 2 aliphatic rings. The first-order valence-electron chi connectivity index (χ1n) is 9.99. The first-order chi connectivity index (χ1) is 14.4. The van der Waals surface area contributed by atoms with E-state index in [2.05, 4.69) is 4.99 Å². The normalized spacial score (nSPS) is 30.4. The summed E-state index contributed by atoms with van der Waals surface area (Å²) >= 11 is 0. The van der Waals surface area contributed by atoms with E-state index in [1.54, 1.807) is 14.0 Å². The van der Waals surface area contributed by atoms with Crippen LogP contribution in [0.15, 0.2) is 47.5 Å². The van der Waals surface area contributed by atoms with Gasteiger partial charge in [-0.1, -0.05) is 30.3 Å². The van der Waals surface area contributed by atoms with Crippen LogP contribution in [0, 0.1) is 6.92 Å². The van der Waals surface area contributed by atoms with E-state index < -0.39 is 36.7 Å². The van der Waals surface area contributed by atoms with Gasteiger partial charge in [0.1, 0.15) is 24.1 Å². The highest BCUT2D eigenvalue weighted by molar-refractivity contribution is 5.76. The Morgan fingerprint density at radius 3 is 2.47 bits per heavy atom. The third-order valence-electron chi connectivity index (χ3n) is 5.88. The first-order valence-corrected chi connectivity index (χ1v) is 9.99. The molecule has 30 heavy (non-hydrogen) atoms. The maximum absolute atomic E-state index is 10.7. The molecule has 7 nitrogen and oxygen atoms in total. The van der Waals surface area contributed by atoms with Crippen molar-refractivity contribution in [2.45, 2.75) is 50.4 Å². The fourth-order valence-corrected chi connectivity index (χ4v) is 4.17. The molecule has 7 heteroatoms. The summed E-state index contributed by atoms with van der Waals surface area (Å²) in [5.74, 6) is 1.17. The Hall–Kier alpha value is -2.45.